The van der Waals surface area contributed by atoms with Crippen LogP contribution < -0.4 is 5.32 Å². The van der Waals surface area contributed by atoms with E-state index in [9.17, 15) is 20.1 Å². The van der Waals surface area contributed by atoms with Crippen molar-refractivity contribution in [2.75, 3.05) is 20.3 Å². The Bertz CT molecular complexity index is 729. The number of carbonyl (C=O) groups is 1. The fraction of sp³-hybridized carbons (Fsp3) is 0.545. The lowest BCUT2D eigenvalue weighted by atomic mass is 9.85. The standard InChI is InChI=1S/C22H34N2O5S/c1-5-6-7-8-10-17-15-30-19(24-17)21(2,3)18(26)11-9-12-22(28,16-25)13-14-23-20(27)29-4/h5,7-9,12,15,18,25-26,28H,1,6,10-11,13-14,16H2,2-4H3,(H,23,27)/b8-7+,12-9+/t18-,22+/m1/s1. The molecule has 7 nitrogen and oxygen atoms in total. The number of ether oxygens (including phenoxy) is 1. The Morgan fingerprint density at radius 2 is 2.13 bits per heavy atom. The molecular formula is C22H34N2O5S. The molecule has 0 radical (unpaired) electrons. The third kappa shape index (κ3) is 8.39. The van der Waals surface area contributed by atoms with E-state index in [1.54, 1.807) is 6.08 Å². The van der Waals surface area contributed by atoms with Crippen molar-refractivity contribution >= 4 is 17.4 Å². The maximum atomic E-state index is 11.1. The van der Waals surface area contributed by atoms with Gasteiger partial charge in [0, 0.05) is 23.8 Å². The zero-order valence-electron chi connectivity index (χ0n) is 18.0. The van der Waals surface area contributed by atoms with E-state index in [0.29, 0.717) is 0 Å². The van der Waals surface area contributed by atoms with Gasteiger partial charge in [-0.15, -0.1) is 17.9 Å². The summed E-state index contributed by atoms with van der Waals surface area (Å²) < 4.78 is 4.47. The highest BCUT2D eigenvalue weighted by molar-refractivity contribution is 7.09. The third-order valence-electron chi connectivity index (χ3n) is 4.81. The van der Waals surface area contributed by atoms with Crippen LogP contribution in [0.15, 0.2) is 42.3 Å². The molecule has 0 spiro atoms. The van der Waals surface area contributed by atoms with Gasteiger partial charge in [0.25, 0.3) is 0 Å². The number of aromatic nitrogens is 1. The molecule has 0 bridgehead atoms. The highest BCUT2D eigenvalue weighted by atomic mass is 32.1. The largest absolute Gasteiger partial charge is 0.453 e. The van der Waals surface area contributed by atoms with E-state index < -0.39 is 29.8 Å². The number of nitrogens with one attached hydrogen (secondary N) is 1. The summed E-state index contributed by atoms with van der Waals surface area (Å²) in [5.41, 5.74) is -1.10. The molecule has 0 saturated carbocycles. The van der Waals surface area contributed by atoms with Crippen LogP contribution in [0.25, 0.3) is 0 Å². The Labute approximate surface area is 182 Å². The molecule has 1 aromatic heterocycles. The van der Waals surface area contributed by atoms with Gasteiger partial charge in [-0.2, -0.15) is 0 Å². The van der Waals surface area contributed by atoms with Crippen LogP contribution in [-0.2, 0) is 16.6 Å². The fourth-order valence-corrected chi connectivity index (χ4v) is 3.62. The van der Waals surface area contributed by atoms with Crippen molar-refractivity contribution in [3.05, 3.63) is 53.0 Å². The summed E-state index contributed by atoms with van der Waals surface area (Å²) in [5.74, 6) is 0. The van der Waals surface area contributed by atoms with Gasteiger partial charge >= 0.3 is 6.09 Å². The van der Waals surface area contributed by atoms with Crippen LogP contribution in [0.3, 0.4) is 0 Å². The van der Waals surface area contributed by atoms with Crippen LogP contribution in [0.5, 0.6) is 0 Å². The maximum absolute atomic E-state index is 11.1. The van der Waals surface area contributed by atoms with Crippen LogP contribution in [-0.4, -0.2) is 58.4 Å². The van der Waals surface area contributed by atoms with Crippen molar-refractivity contribution in [3.8, 4) is 0 Å². The topological polar surface area (TPSA) is 112 Å². The molecule has 0 aromatic carbocycles. The first-order chi connectivity index (χ1) is 14.2. The van der Waals surface area contributed by atoms with Gasteiger partial charge in [-0.25, -0.2) is 9.78 Å². The van der Waals surface area contributed by atoms with E-state index in [1.165, 1.54) is 24.5 Å². The highest BCUT2D eigenvalue weighted by Crippen LogP contribution is 2.32. The molecule has 1 amide bonds. The monoisotopic (exact) mass is 438 g/mol. The number of aliphatic hydroxyl groups excluding tert-OH is 2. The molecule has 1 aromatic rings. The quantitative estimate of drug-likeness (QED) is 0.352. The Morgan fingerprint density at radius 1 is 1.40 bits per heavy atom. The summed E-state index contributed by atoms with van der Waals surface area (Å²) in [5, 5.41) is 35.9. The molecule has 0 aliphatic heterocycles. The van der Waals surface area contributed by atoms with Crippen LogP contribution in [0.1, 0.15) is 43.8 Å². The second kappa shape index (κ2) is 12.6. The van der Waals surface area contributed by atoms with Crippen LogP contribution in [0.2, 0.25) is 0 Å². The average Bonchev–Trinajstić information content (AvgIpc) is 3.20. The number of nitrogens with zero attached hydrogens (tertiary/aromatic N) is 1. The summed E-state index contributed by atoms with van der Waals surface area (Å²) >= 11 is 1.52. The first kappa shape index (κ1) is 26.0. The van der Waals surface area contributed by atoms with Gasteiger partial charge in [-0.05, 0) is 19.3 Å². The van der Waals surface area contributed by atoms with Crippen molar-refractivity contribution in [3.63, 3.8) is 0 Å². The molecule has 0 saturated heterocycles. The summed E-state index contributed by atoms with van der Waals surface area (Å²) in [6.07, 6.45) is 9.68. The number of hydrogen-bond donors (Lipinski definition) is 4. The molecule has 0 unspecified atom stereocenters. The van der Waals surface area contributed by atoms with Crippen molar-refractivity contribution in [1.82, 2.24) is 10.3 Å². The molecule has 0 fully saturated rings. The van der Waals surface area contributed by atoms with Crippen molar-refractivity contribution in [2.45, 2.75) is 56.7 Å². The van der Waals surface area contributed by atoms with E-state index in [4.69, 9.17) is 0 Å². The summed E-state index contributed by atoms with van der Waals surface area (Å²) in [7, 11) is 1.25. The number of amides is 1. The Balaban J connectivity index is 2.66. The molecular weight excluding hydrogens is 404 g/mol. The van der Waals surface area contributed by atoms with E-state index in [0.717, 1.165) is 23.5 Å². The second-order valence-corrected chi connectivity index (χ2v) is 8.51. The number of thiazole rings is 1. The molecule has 8 heteroatoms. The predicted molar refractivity (Wildman–Crippen MR) is 120 cm³/mol. The SMILES string of the molecule is C=CC/C=C/Cc1csc(C(C)(C)[C@H](O)C/C=C/[C@@](O)(CO)CCNC(=O)OC)n1. The first-order valence-electron chi connectivity index (χ1n) is 9.90. The number of allylic oxidation sites excluding steroid dienone is 3. The summed E-state index contributed by atoms with van der Waals surface area (Å²) in [6.45, 7) is 7.19. The van der Waals surface area contributed by atoms with Gasteiger partial charge in [-0.1, -0.05) is 44.2 Å². The summed E-state index contributed by atoms with van der Waals surface area (Å²) in [6, 6.07) is 0. The Hall–Kier alpha value is -2.00. The highest BCUT2D eigenvalue weighted by Gasteiger charge is 2.32. The average molecular weight is 439 g/mol. The number of alkyl carbamates (subject to hydrolysis) is 1. The van der Waals surface area contributed by atoms with Crippen molar-refractivity contribution < 1.29 is 24.9 Å². The lowest BCUT2D eigenvalue weighted by molar-refractivity contribution is 0.0201. The van der Waals surface area contributed by atoms with E-state index in [-0.39, 0.29) is 19.4 Å². The van der Waals surface area contributed by atoms with E-state index in [2.05, 4.69) is 27.7 Å². The van der Waals surface area contributed by atoms with E-state index >= 15 is 0 Å². The number of methoxy groups -OCH3 is 1. The third-order valence-corrected chi connectivity index (χ3v) is 6.04. The minimum atomic E-state index is -1.49. The Kier molecular flexibility index (Phi) is 11.0. The number of carbonyl (C=O) groups excluding carboxylic acids is 1. The van der Waals surface area contributed by atoms with Crippen LogP contribution >= 0.6 is 11.3 Å². The van der Waals surface area contributed by atoms with Gasteiger partial charge in [0.15, 0.2) is 0 Å². The molecule has 1 heterocycles. The van der Waals surface area contributed by atoms with Crippen LogP contribution in [0, 0.1) is 0 Å². The number of rotatable bonds is 13. The lowest BCUT2D eigenvalue weighted by Gasteiger charge is -2.28. The van der Waals surface area contributed by atoms with Crippen molar-refractivity contribution in [2.24, 2.45) is 0 Å². The van der Waals surface area contributed by atoms with Crippen LogP contribution in [0.4, 0.5) is 4.79 Å². The zero-order chi connectivity index (χ0) is 22.6. The Morgan fingerprint density at radius 3 is 2.77 bits per heavy atom. The van der Waals surface area contributed by atoms with Crippen molar-refractivity contribution in [1.29, 1.82) is 0 Å². The first-order valence-corrected chi connectivity index (χ1v) is 10.8. The molecule has 4 N–H and O–H groups in total. The minimum absolute atomic E-state index is 0.115. The predicted octanol–water partition coefficient (Wildman–Crippen LogP) is 2.87. The second-order valence-electron chi connectivity index (χ2n) is 7.65. The fourth-order valence-electron chi connectivity index (χ4n) is 2.61. The number of aliphatic hydroxyl groups is 3. The molecule has 0 aliphatic carbocycles. The van der Waals surface area contributed by atoms with Gasteiger partial charge < -0.3 is 25.4 Å². The minimum Gasteiger partial charge on any atom is -0.453 e. The zero-order valence-corrected chi connectivity index (χ0v) is 18.8. The molecule has 1 rings (SSSR count). The van der Waals surface area contributed by atoms with Gasteiger partial charge in [0.1, 0.15) is 10.6 Å². The summed E-state index contributed by atoms with van der Waals surface area (Å²) in [4.78, 5) is 15.7. The normalized spacial score (nSPS) is 15.3. The smallest absolute Gasteiger partial charge is 0.406 e. The van der Waals surface area contributed by atoms with Gasteiger partial charge in [0.2, 0.25) is 0 Å². The molecule has 2 atom stereocenters. The van der Waals surface area contributed by atoms with Gasteiger partial charge in [-0.3, -0.25) is 0 Å². The lowest BCUT2D eigenvalue weighted by Crippen LogP contribution is -2.37. The molecule has 168 valence electrons. The molecule has 30 heavy (non-hydrogen) atoms. The maximum Gasteiger partial charge on any atom is 0.406 e. The molecule has 0 aliphatic rings. The van der Waals surface area contributed by atoms with E-state index in [1.807, 2.05) is 31.4 Å². The van der Waals surface area contributed by atoms with Gasteiger partial charge in [0.05, 0.1) is 25.5 Å². The number of hydrogen-bond acceptors (Lipinski definition) is 7.